The Morgan fingerprint density at radius 3 is 3.06 bits per heavy atom. The Bertz CT molecular complexity index is 322. The molecule has 3 aliphatic heterocycles. The summed E-state index contributed by atoms with van der Waals surface area (Å²) in [4.78, 5) is 13.7. The number of aliphatic hydroxyl groups excluding tert-OH is 1. The van der Waals surface area contributed by atoms with E-state index < -0.39 is 12.4 Å². The van der Waals surface area contributed by atoms with Gasteiger partial charge in [0, 0.05) is 32.0 Å². The number of hydrogen-bond acceptors (Lipinski definition) is 4. The van der Waals surface area contributed by atoms with Crippen molar-refractivity contribution in [2.45, 2.75) is 50.2 Å². The fourth-order valence-corrected chi connectivity index (χ4v) is 3.59. The van der Waals surface area contributed by atoms with Gasteiger partial charge in [-0.05, 0) is 19.3 Å². The molecule has 1 unspecified atom stereocenters. The van der Waals surface area contributed by atoms with Gasteiger partial charge in [-0.3, -0.25) is 4.79 Å². The van der Waals surface area contributed by atoms with Crippen molar-refractivity contribution in [3.05, 3.63) is 0 Å². The molecule has 0 aliphatic carbocycles. The summed E-state index contributed by atoms with van der Waals surface area (Å²) >= 11 is 0. The Morgan fingerprint density at radius 2 is 2.29 bits per heavy atom. The van der Waals surface area contributed by atoms with Crippen LogP contribution in [0.2, 0.25) is 0 Å². The van der Waals surface area contributed by atoms with Crippen LogP contribution in [0.5, 0.6) is 0 Å². The Labute approximate surface area is 101 Å². The maximum atomic E-state index is 11.8. The predicted octanol–water partition coefficient (Wildman–Crippen LogP) is 0.120. The van der Waals surface area contributed by atoms with Gasteiger partial charge in [0.05, 0.1) is 6.10 Å². The van der Waals surface area contributed by atoms with Gasteiger partial charge in [0.15, 0.2) is 6.29 Å². The first-order valence-corrected chi connectivity index (χ1v) is 6.38. The van der Waals surface area contributed by atoms with Crippen LogP contribution in [0.25, 0.3) is 0 Å². The van der Waals surface area contributed by atoms with Crippen molar-refractivity contribution in [1.82, 2.24) is 4.90 Å². The van der Waals surface area contributed by atoms with Gasteiger partial charge in [-0.2, -0.15) is 0 Å². The SMILES string of the molecule is CO[C@@H]1O[C@@H]2CCCN3C(=O)CC[C@H]3C2[C@H]1O. The van der Waals surface area contributed by atoms with Crippen LogP contribution in [0.15, 0.2) is 0 Å². The van der Waals surface area contributed by atoms with E-state index in [1.807, 2.05) is 4.90 Å². The first-order valence-electron chi connectivity index (χ1n) is 6.38. The number of carbonyl (C=O) groups is 1. The summed E-state index contributed by atoms with van der Waals surface area (Å²) in [6.45, 7) is 0.810. The van der Waals surface area contributed by atoms with Crippen molar-refractivity contribution in [2.75, 3.05) is 13.7 Å². The number of fused-ring (bicyclic) bond motifs is 3. The maximum absolute atomic E-state index is 11.8. The zero-order chi connectivity index (χ0) is 12.0. The fraction of sp³-hybridized carbons (Fsp3) is 0.917. The highest BCUT2D eigenvalue weighted by Gasteiger charge is 2.52. The van der Waals surface area contributed by atoms with E-state index in [1.165, 1.54) is 0 Å². The standard InChI is InChI=1S/C12H19NO4/c1-16-12-11(15)10-7-4-5-9(14)13(7)6-2-3-8(10)17-12/h7-8,10-12,15H,2-6H2,1H3/t7-,8+,10?,11+,12+/m0/s1. The molecule has 0 aromatic carbocycles. The second-order valence-corrected chi connectivity index (χ2v) is 5.18. The van der Waals surface area contributed by atoms with Crippen molar-refractivity contribution >= 4 is 5.91 Å². The lowest BCUT2D eigenvalue weighted by molar-refractivity contribution is -0.150. The summed E-state index contributed by atoms with van der Waals surface area (Å²) in [5.41, 5.74) is 0. The second-order valence-electron chi connectivity index (χ2n) is 5.18. The molecule has 3 heterocycles. The molecular weight excluding hydrogens is 222 g/mol. The Hall–Kier alpha value is -0.650. The molecule has 96 valence electrons. The highest BCUT2D eigenvalue weighted by molar-refractivity contribution is 5.78. The van der Waals surface area contributed by atoms with E-state index in [1.54, 1.807) is 7.11 Å². The fourth-order valence-electron chi connectivity index (χ4n) is 3.59. The molecule has 3 fully saturated rings. The third kappa shape index (κ3) is 1.68. The number of carbonyl (C=O) groups excluding carboxylic acids is 1. The van der Waals surface area contributed by atoms with E-state index in [-0.39, 0.29) is 24.0 Å². The van der Waals surface area contributed by atoms with Gasteiger partial charge in [-0.25, -0.2) is 0 Å². The summed E-state index contributed by atoms with van der Waals surface area (Å²) in [6.07, 6.45) is 2.21. The minimum Gasteiger partial charge on any atom is -0.387 e. The first-order chi connectivity index (χ1) is 8.22. The predicted molar refractivity (Wildman–Crippen MR) is 59.1 cm³/mol. The van der Waals surface area contributed by atoms with E-state index in [2.05, 4.69) is 0 Å². The number of methoxy groups -OCH3 is 1. The highest BCUT2D eigenvalue weighted by atomic mass is 16.7. The zero-order valence-electron chi connectivity index (χ0n) is 10.0. The number of nitrogens with zero attached hydrogens (tertiary/aromatic N) is 1. The lowest BCUT2D eigenvalue weighted by atomic mass is 9.88. The summed E-state index contributed by atoms with van der Waals surface area (Å²) < 4.78 is 10.9. The largest absolute Gasteiger partial charge is 0.387 e. The average Bonchev–Trinajstić information content (AvgIpc) is 2.75. The number of rotatable bonds is 1. The molecule has 1 amide bonds. The van der Waals surface area contributed by atoms with Gasteiger partial charge in [-0.1, -0.05) is 0 Å². The number of amides is 1. The lowest BCUT2D eigenvalue weighted by Gasteiger charge is -2.30. The third-order valence-corrected chi connectivity index (χ3v) is 4.35. The Morgan fingerprint density at radius 1 is 1.47 bits per heavy atom. The summed E-state index contributed by atoms with van der Waals surface area (Å²) in [6, 6.07) is 0.144. The van der Waals surface area contributed by atoms with Crippen molar-refractivity contribution < 1.29 is 19.4 Å². The molecule has 3 aliphatic rings. The summed E-state index contributed by atoms with van der Waals surface area (Å²) in [5, 5.41) is 10.3. The molecule has 0 aromatic rings. The van der Waals surface area contributed by atoms with Gasteiger partial charge >= 0.3 is 0 Å². The van der Waals surface area contributed by atoms with Gasteiger partial charge in [0.2, 0.25) is 5.91 Å². The normalized spacial score (nSPS) is 45.6. The van der Waals surface area contributed by atoms with Crippen molar-refractivity contribution in [3.8, 4) is 0 Å². The van der Waals surface area contributed by atoms with Gasteiger partial charge in [0.25, 0.3) is 0 Å². The molecule has 5 nitrogen and oxygen atoms in total. The number of ether oxygens (including phenoxy) is 2. The first kappa shape index (κ1) is 11.4. The molecule has 0 bridgehead atoms. The number of hydrogen-bond donors (Lipinski definition) is 1. The van der Waals surface area contributed by atoms with Crippen LogP contribution in [-0.4, -0.2) is 54.1 Å². The maximum Gasteiger partial charge on any atom is 0.222 e. The second kappa shape index (κ2) is 4.23. The molecular formula is C12H19NO4. The van der Waals surface area contributed by atoms with Crippen molar-refractivity contribution in [3.63, 3.8) is 0 Å². The van der Waals surface area contributed by atoms with Crippen LogP contribution in [-0.2, 0) is 14.3 Å². The molecule has 5 heteroatoms. The minimum absolute atomic E-state index is 0.0221. The van der Waals surface area contributed by atoms with Crippen molar-refractivity contribution in [2.24, 2.45) is 5.92 Å². The summed E-state index contributed by atoms with van der Waals surface area (Å²) in [7, 11) is 1.55. The van der Waals surface area contributed by atoms with Crippen LogP contribution < -0.4 is 0 Å². The lowest BCUT2D eigenvalue weighted by Crippen LogP contribution is -2.44. The van der Waals surface area contributed by atoms with E-state index in [4.69, 9.17) is 9.47 Å². The average molecular weight is 241 g/mol. The third-order valence-electron chi connectivity index (χ3n) is 4.35. The van der Waals surface area contributed by atoms with E-state index in [9.17, 15) is 9.90 Å². The molecule has 0 radical (unpaired) electrons. The Balaban J connectivity index is 1.86. The molecule has 3 rings (SSSR count). The monoisotopic (exact) mass is 241 g/mol. The molecule has 0 saturated carbocycles. The van der Waals surface area contributed by atoms with Gasteiger partial charge in [-0.15, -0.1) is 0 Å². The molecule has 1 N–H and O–H groups in total. The molecule has 5 atom stereocenters. The molecule has 17 heavy (non-hydrogen) atoms. The molecule has 0 aromatic heterocycles. The zero-order valence-corrected chi connectivity index (χ0v) is 10.0. The van der Waals surface area contributed by atoms with Crippen molar-refractivity contribution in [1.29, 1.82) is 0 Å². The Kier molecular flexibility index (Phi) is 2.84. The molecule has 3 saturated heterocycles. The topological polar surface area (TPSA) is 59.0 Å². The van der Waals surface area contributed by atoms with Crippen LogP contribution in [0, 0.1) is 5.92 Å². The van der Waals surface area contributed by atoms with Crippen LogP contribution in [0.3, 0.4) is 0 Å². The highest BCUT2D eigenvalue weighted by Crippen LogP contribution is 2.40. The molecule has 0 spiro atoms. The van der Waals surface area contributed by atoms with Gasteiger partial charge < -0.3 is 19.5 Å². The van der Waals surface area contributed by atoms with E-state index in [0.29, 0.717) is 6.42 Å². The smallest absolute Gasteiger partial charge is 0.222 e. The van der Waals surface area contributed by atoms with Crippen LogP contribution in [0.4, 0.5) is 0 Å². The van der Waals surface area contributed by atoms with E-state index >= 15 is 0 Å². The van der Waals surface area contributed by atoms with E-state index in [0.717, 1.165) is 25.8 Å². The minimum atomic E-state index is -0.610. The quantitative estimate of drug-likeness (QED) is 0.708. The summed E-state index contributed by atoms with van der Waals surface area (Å²) in [5.74, 6) is 0.248. The van der Waals surface area contributed by atoms with Crippen LogP contribution in [0.1, 0.15) is 25.7 Å². The van der Waals surface area contributed by atoms with Crippen LogP contribution >= 0.6 is 0 Å². The number of aliphatic hydroxyl groups is 1. The van der Waals surface area contributed by atoms with Gasteiger partial charge in [0.1, 0.15) is 6.10 Å².